The Balaban J connectivity index is 1.79. The van der Waals surface area contributed by atoms with E-state index < -0.39 is 23.8 Å². The Morgan fingerprint density at radius 1 is 1.09 bits per heavy atom. The summed E-state index contributed by atoms with van der Waals surface area (Å²) in [4.78, 5) is 39.9. The SMILES string of the molecule is COC(=O)[C@@H]1C(=O)C2=C(C[C@H]1C)NC(C)=C(C(=O)OC1CCCCC1)[C@@H]2c1cccc(OC)c1. The van der Waals surface area contributed by atoms with Crippen molar-refractivity contribution in [3.63, 3.8) is 0 Å². The summed E-state index contributed by atoms with van der Waals surface area (Å²) >= 11 is 0. The van der Waals surface area contributed by atoms with Gasteiger partial charge in [0.25, 0.3) is 0 Å². The zero-order valence-electron chi connectivity index (χ0n) is 20.3. The standard InChI is InChI=1S/C27H33NO6/c1-15-13-20-24(25(29)21(15)26(30)33-4)23(17-9-8-12-19(14-17)32-3)22(16(2)28-20)27(31)34-18-10-6-5-7-11-18/h8-9,12,14-15,18,21,23,28H,5-7,10-11,13H2,1-4H3/t15-,21+,23+/m1/s1. The van der Waals surface area contributed by atoms with Crippen LogP contribution in [0.15, 0.2) is 46.8 Å². The summed E-state index contributed by atoms with van der Waals surface area (Å²) in [5, 5.41) is 3.31. The molecule has 0 amide bonds. The molecule has 0 bridgehead atoms. The predicted molar refractivity (Wildman–Crippen MR) is 126 cm³/mol. The van der Waals surface area contributed by atoms with Crippen molar-refractivity contribution in [2.24, 2.45) is 11.8 Å². The Bertz CT molecular complexity index is 1050. The maximum atomic E-state index is 13.8. The van der Waals surface area contributed by atoms with Crippen LogP contribution in [0.1, 0.15) is 63.9 Å². The number of nitrogens with one attached hydrogen (secondary N) is 1. The van der Waals surface area contributed by atoms with Gasteiger partial charge in [-0.3, -0.25) is 9.59 Å². The van der Waals surface area contributed by atoms with E-state index in [1.165, 1.54) is 7.11 Å². The van der Waals surface area contributed by atoms with Crippen LogP contribution in [-0.4, -0.2) is 38.0 Å². The first-order valence-electron chi connectivity index (χ1n) is 12.0. The monoisotopic (exact) mass is 467 g/mol. The molecule has 7 heteroatoms. The van der Waals surface area contributed by atoms with Gasteiger partial charge in [0.15, 0.2) is 5.78 Å². The first kappa shape index (κ1) is 24.0. The van der Waals surface area contributed by atoms with E-state index in [-0.39, 0.29) is 17.8 Å². The number of benzene rings is 1. The molecule has 182 valence electrons. The van der Waals surface area contributed by atoms with Gasteiger partial charge in [-0.15, -0.1) is 0 Å². The number of carbonyl (C=O) groups is 3. The van der Waals surface area contributed by atoms with Gasteiger partial charge >= 0.3 is 11.9 Å². The second-order valence-electron chi connectivity index (χ2n) is 9.48. The maximum absolute atomic E-state index is 13.8. The van der Waals surface area contributed by atoms with Crippen LogP contribution in [0.5, 0.6) is 5.75 Å². The van der Waals surface area contributed by atoms with Crippen molar-refractivity contribution < 1.29 is 28.6 Å². The lowest BCUT2D eigenvalue weighted by Crippen LogP contribution is -2.43. The summed E-state index contributed by atoms with van der Waals surface area (Å²) in [5.74, 6) is -2.44. The molecule has 34 heavy (non-hydrogen) atoms. The summed E-state index contributed by atoms with van der Waals surface area (Å²) < 4.78 is 16.3. The molecule has 0 radical (unpaired) electrons. The lowest BCUT2D eigenvalue weighted by Gasteiger charge is -2.38. The third-order valence-electron chi connectivity index (χ3n) is 7.22. The molecule has 1 fully saturated rings. The fraction of sp³-hybridized carbons (Fsp3) is 0.519. The van der Waals surface area contributed by atoms with Crippen LogP contribution in [0.4, 0.5) is 0 Å². The number of ketones is 1. The summed E-state index contributed by atoms with van der Waals surface area (Å²) in [5.41, 5.74) is 3.00. The van der Waals surface area contributed by atoms with Gasteiger partial charge in [-0.2, -0.15) is 0 Å². The number of esters is 2. The summed E-state index contributed by atoms with van der Waals surface area (Å²) in [6.07, 6.45) is 5.33. The van der Waals surface area contributed by atoms with Crippen LogP contribution >= 0.6 is 0 Å². The normalized spacial score (nSPS) is 25.4. The Morgan fingerprint density at radius 2 is 1.82 bits per heavy atom. The number of carbonyl (C=O) groups excluding carboxylic acids is 3. The fourth-order valence-corrected chi connectivity index (χ4v) is 5.50. The minimum atomic E-state index is -0.910. The quantitative estimate of drug-likeness (QED) is 0.513. The highest BCUT2D eigenvalue weighted by Gasteiger charge is 2.47. The van der Waals surface area contributed by atoms with Crippen molar-refractivity contribution in [2.75, 3.05) is 14.2 Å². The van der Waals surface area contributed by atoms with E-state index >= 15 is 0 Å². The molecule has 4 rings (SSSR count). The minimum absolute atomic E-state index is 0.118. The summed E-state index contributed by atoms with van der Waals surface area (Å²) in [7, 11) is 2.87. The molecule has 3 aliphatic rings. The number of dihydropyridines is 1. The number of hydrogen-bond acceptors (Lipinski definition) is 7. The average molecular weight is 468 g/mol. The lowest BCUT2D eigenvalue weighted by atomic mass is 9.69. The number of allylic oxidation sites excluding steroid dienone is 3. The van der Waals surface area contributed by atoms with E-state index in [0.29, 0.717) is 29.0 Å². The molecular weight excluding hydrogens is 434 g/mol. The first-order valence-corrected chi connectivity index (χ1v) is 12.0. The third-order valence-corrected chi connectivity index (χ3v) is 7.22. The molecule has 1 aromatic rings. The number of ether oxygens (including phenoxy) is 3. The van der Waals surface area contributed by atoms with Crippen molar-refractivity contribution >= 4 is 17.7 Å². The van der Waals surface area contributed by atoms with E-state index in [2.05, 4.69) is 5.32 Å². The lowest BCUT2D eigenvalue weighted by molar-refractivity contribution is -0.151. The second-order valence-corrected chi connectivity index (χ2v) is 9.48. The Kier molecular flexibility index (Phi) is 7.10. The molecule has 7 nitrogen and oxygen atoms in total. The van der Waals surface area contributed by atoms with Crippen LogP contribution in [-0.2, 0) is 23.9 Å². The number of Topliss-reactive ketones (excluding diaryl/α,β-unsaturated/α-hetero) is 1. The van der Waals surface area contributed by atoms with E-state index in [0.717, 1.165) is 43.4 Å². The van der Waals surface area contributed by atoms with Gasteiger partial charge in [0.1, 0.15) is 17.8 Å². The fourth-order valence-electron chi connectivity index (χ4n) is 5.50. The van der Waals surface area contributed by atoms with Crippen molar-refractivity contribution in [3.8, 4) is 5.75 Å². The Labute approximate surface area is 200 Å². The molecule has 1 saturated carbocycles. The Morgan fingerprint density at radius 3 is 2.50 bits per heavy atom. The van der Waals surface area contributed by atoms with E-state index in [1.807, 2.05) is 38.1 Å². The van der Waals surface area contributed by atoms with Crippen molar-refractivity contribution in [3.05, 3.63) is 52.4 Å². The molecule has 0 saturated heterocycles. The van der Waals surface area contributed by atoms with E-state index in [1.54, 1.807) is 7.11 Å². The smallest absolute Gasteiger partial charge is 0.337 e. The molecule has 1 aliphatic heterocycles. The second kappa shape index (κ2) is 10.0. The number of rotatable bonds is 5. The topological polar surface area (TPSA) is 90.9 Å². The number of methoxy groups -OCH3 is 2. The molecule has 1 aromatic carbocycles. The van der Waals surface area contributed by atoms with Gasteiger partial charge in [0.05, 0.1) is 19.8 Å². The molecular formula is C27H33NO6. The largest absolute Gasteiger partial charge is 0.497 e. The summed E-state index contributed by atoms with van der Waals surface area (Å²) in [6.45, 7) is 3.72. The molecule has 0 unspecified atom stereocenters. The molecule has 0 spiro atoms. The van der Waals surface area contributed by atoms with Crippen LogP contribution in [0, 0.1) is 11.8 Å². The van der Waals surface area contributed by atoms with Crippen LogP contribution in [0.3, 0.4) is 0 Å². The van der Waals surface area contributed by atoms with Crippen LogP contribution in [0.25, 0.3) is 0 Å². The van der Waals surface area contributed by atoms with Crippen molar-refractivity contribution in [1.82, 2.24) is 5.32 Å². The molecule has 1 heterocycles. The summed E-state index contributed by atoms with van der Waals surface area (Å²) in [6, 6.07) is 7.37. The molecule has 3 atom stereocenters. The third kappa shape index (κ3) is 4.48. The van der Waals surface area contributed by atoms with Gasteiger partial charge in [-0.1, -0.05) is 25.5 Å². The van der Waals surface area contributed by atoms with Gasteiger partial charge in [0, 0.05) is 22.9 Å². The van der Waals surface area contributed by atoms with Crippen LogP contribution in [0.2, 0.25) is 0 Å². The zero-order chi connectivity index (χ0) is 24.4. The van der Waals surface area contributed by atoms with Crippen molar-refractivity contribution in [1.29, 1.82) is 0 Å². The minimum Gasteiger partial charge on any atom is -0.497 e. The number of hydrogen-bond donors (Lipinski definition) is 1. The first-order chi connectivity index (χ1) is 16.3. The van der Waals surface area contributed by atoms with E-state index in [9.17, 15) is 14.4 Å². The maximum Gasteiger partial charge on any atom is 0.337 e. The highest BCUT2D eigenvalue weighted by molar-refractivity contribution is 6.12. The predicted octanol–water partition coefficient (Wildman–Crippen LogP) is 4.18. The van der Waals surface area contributed by atoms with Crippen molar-refractivity contribution in [2.45, 2.75) is 64.4 Å². The van der Waals surface area contributed by atoms with Gasteiger partial charge < -0.3 is 19.5 Å². The zero-order valence-corrected chi connectivity index (χ0v) is 20.3. The van der Waals surface area contributed by atoms with Gasteiger partial charge in [-0.25, -0.2) is 4.79 Å². The molecule has 1 N–H and O–H groups in total. The van der Waals surface area contributed by atoms with Crippen LogP contribution < -0.4 is 10.1 Å². The molecule has 0 aromatic heterocycles. The highest BCUT2D eigenvalue weighted by atomic mass is 16.5. The highest BCUT2D eigenvalue weighted by Crippen LogP contribution is 2.46. The van der Waals surface area contributed by atoms with Gasteiger partial charge in [0.2, 0.25) is 0 Å². The van der Waals surface area contributed by atoms with E-state index in [4.69, 9.17) is 14.2 Å². The Hall–Kier alpha value is -3.09. The molecule has 2 aliphatic carbocycles. The van der Waals surface area contributed by atoms with Gasteiger partial charge in [-0.05, 0) is 62.6 Å². The average Bonchev–Trinajstić information content (AvgIpc) is 2.83.